The van der Waals surface area contributed by atoms with Crippen LogP contribution >= 0.6 is 0 Å². The van der Waals surface area contributed by atoms with E-state index in [0.717, 1.165) is 0 Å². The molecule has 3 amide bonds. The van der Waals surface area contributed by atoms with E-state index in [1.54, 1.807) is 37.3 Å². The monoisotopic (exact) mass is 372 g/mol. The Morgan fingerprint density at radius 1 is 1.11 bits per heavy atom. The van der Waals surface area contributed by atoms with Crippen molar-refractivity contribution >= 4 is 17.9 Å². The first-order chi connectivity index (χ1) is 13.0. The van der Waals surface area contributed by atoms with Crippen LogP contribution in [0.1, 0.15) is 28.9 Å². The maximum Gasteiger partial charge on any atom is 0.343 e. The van der Waals surface area contributed by atoms with Crippen molar-refractivity contribution in [2.75, 3.05) is 13.7 Å². The van der Waals surface area contributed by atoms with Crippen LogP contribution in [-0.4, -0.2) is 36.7 Å². The number of aromatic hydroxyl groups is 1. The number of hydrogen-bond donors (Lipinski definition) is 3. The lowest BCUT2D eigenvalue weighted by Gasteiger charge is -2.18. The molecule has 0 aliphatic carbocycles. The van der Waals surface area contributed by atoms with E-state index in [2.05, 4.69) is 10.6 Å². The third-order valence-corrected chi connectivity index (χ3v) is 3.56. The minimum atomic E-state index is -1.38. The Balaban J connectivity index is 2.28. The molecule has 0 radical (unpaired) electrons. The number of amides is 3. The topological polar surface area (TPSA) is 114 Å². The quantitative estimate of drug-likeness (QED) is 0.670. The average Bonchev–Trinajstić information content (AvgIpc) is 2.67. The van der Waals surface area contributed by atoms with Crippen LogP contribution in [0.5, 0.6) is 11.5 Å². The highest BCUT2D eigenvalue weighted by atomic mass is 16.5. The largest absolute Gasteiger partial charge is 0.507 e. The number of carbonyl (C=O) groups excluding carboxylic acids is 3. The minimum absolute atomic E-state index is 0.166. The van der Waals surface area contributed by atoms with Gasteiger partial charge in [-0.25, -0.2) is 9.59 Å². The molecule has 0 saturated carbocycles. The molecule has 8 nitrogen and oxygen atoms in total. The lowest BCUT2D eigenvalue weighted by atomic mass is 10.1. The number of urea groups is 1. The Hall–Kier alpha value is -3.55. The van der Waals surface area contributed by atoms with Crippen molar-refractivity contribution in [3.05, 3.63) is 59.7 Å². The first kappa shape index (κ1) is 19.8. The molecule has 0 aliphatic rings. The molecule has 0 aromatic heterocycles. The van der Waals surface area contributed by atoms with E-state index < -0.39 is 24.0 Å². The number of phenolic OH excluding ortho intramolecular Hbond substituents is 1. The van der Waals surface area contributed by atoms with Crippen LogP contribution in [0.3, 0.4) is 0 Å². The fraction of sp³-hybridized carbons (Fsp3) is 0.211. The molecule has 0 spiro atoms. The number of carbonyl (C=O) groups is 3. The first-order valence-electron chi connectivity index (χ1n) is 8.17. The third kappa shape index (κ3) is 5.21. The van der Waals surface area contributed by atoms with Crippen LogP contribution in [0.25, 0.3) is 0 Å². The molecule has 2 aromatic carbocycles. The van der Waals surface area contributed by atoms with Crippen molar-refractivity contribution in [1.29, 1.82) is 0 Å². The molecule has 1 atom stereocenters. The summed E-state index contributed by atoms with van der Waals surface area (Å²) in [4.78, 5) is 36.6. The predicted molar refractivity (Wildman–Crippen MR) is 96.5 cm³/mol. The molecule has 0 bridgehead atoms. The van der Waals surface area contributed by atoms with Crippen molar-refractivity contribution in [3.8, 4) is 11.5 Å². The van der Waals surface area contributed by atoms with Crippen molar-refractivity contribution in [2.24, 2.45) is 0 Å². The summed E-state index contributed by atoms with van der Waals surface area (Å²) in [6.45, 7) is 2.02. The van der Waals surface area contributed by atoms with Gasteiger partial charge in [0, 0.05) is 12.1 Å². The van der Waals surface area contributed by atoms with E-state index in [1.807, 2.05) is 0 Å². The summed E-state index contributed by atoms with van der Waals surface area (Å²) in [5.74, 6) is -1.74. The molecule has 2 aromatic rings. The number of imide groups is 1. The predicted octanol–water partition coefficient (Wildman–Crippen LogP) is 2.14. The second kappa shape index (κ2) is 9.23. The highest BCUT2D eigenvalue weighted by molar-refractivity contribution is 5.99. The lowest BCUT2D eigenvalue weighted by molar-refractivity contribution is -0.129. The summed E-state index contributed by atoms with van der Waals surface area (Å²) in [6.07, 6.45) is -1.38. The molecule has 3 N–H and O–H groups in total. The first-order valence-corrected chi connectivity index (χ1v) is 8.17. The summed E-state index contributed by atoms with van der Waals surface area (Å²) in [7, 11) is 1.41. The Kier molecular flexibility index (Phi) is 6.76. The van der Waals surface area contributed by atoms with Crippen LogP contribution in [0.4, 0.5) is 4.79 Å². The third-order valence-electron chi connectivity index (χ3n) is 3.56. The zero-order valence-electron chi connectivity index (χ0n) is 14.9. The van der Waals surface area contributed by atoms with Gasteiger partial charge in [0.1, 0.15) is 17.1 Å². The van der Waals surface area contributed by atoms with Gasteiger partial charge in [0.15, 0.2) is 0 Å². The molecule has 0 aliphatic heterocycles. The van der Waals surface area contributed by atoms with E-state index in [0.29, 0.717) is 17.9 Å². The number of nitrogens with one attached hydrogen (secondary N) is 2. The fourth-order valence-corrected chi connectivity index (χ4v) is 2.26. The van der Waals surface area contributed by atoms with Gasteiger partial charge in [-0.1, -0.05) is 30.3 Å². The van der Waals surface area contributed by atoms with Gasteiger partial charge in [0.25, 0.3) is 5.91 Å². The molecule has 27 heavy (non-hydrogen) atoms. The summed E-state index contributed by atoms with van der Waals surface area (Å²) >= 11 is 0. The molecule has 0 fully saturated rings. The number of hydrogen-bond acceptors (Lipinski definition) is 6. The van der Waals surface area contributed by atoms with E-state index >= 15 is 0 Å². The minimum Gasteiger partial charge on any atom is -0.507 e. The number of methoxy groups -OCH3 is 1. The van der Waals surface area contributed by atoms with E-state index in [9.17, 15) is 19.5 Å². The van der Waals surface area contributed by atoms with Crippen LogP contribution in [0.15, 0.2) is 48.5 Å². The van der Waals surface area contributed by atoms with Crippen molar-refractivity contribution < 1.29 is 29.0 Å². The molecule has 0 unspecified atom stereocenters. The van der Waals surface area contributed by atoms with Crippen molar-refractivity contribution in [1.82, 2.24) is 10.6 Å². The smallest absolute Gasteiger partial charge is 0.343 e. The van der Waals surface area contributed by atoms with Gasteiger partial charge >= 0.3 is 12.0 Å². The van der Waals surface area contributed by atoms with Crippen molar-refractivity contribution in [3.63, 3.8) is 0 Å². The van der Waals surface area contributed by atoms with Crippen LogP contribution in [0.2, 0.25) is 0 Å². The Labute approximate surface area is 156 Å². The molecular formula is C19H20N2O6. The highest BCUT2D eigenvalue weighted by Gasteiger charge is 2.28. The summed E-state index contributed by atoms with van der Waals surface area (Å²) in [6, 6.07) is 11.6. The van der Waals surface area contributed by atoms with Crippen LogP contribution < -0.4 is 15.4 Å². The Morgan fingerprint density at radius 2 is 1.81 bits per heavy atom. The molecule has 0 heterocycles. The zero-order valence-corrected chi connectivity index (χ0v) is 14.9. The molecule has 142 valence electrons. The second-order valence-corrected chi connectivity index (χ2v) is 5.43. The highest BCUT2D eigenvalue weighted by Crippen LogP contribution is 2.26. The van der Waals surface area contributed by atoms with Crippen LogP contribution in [0, 0.1) is 0 Å². The summed E-state index contributed by atoms with van der Waals surface area (Å²) in [5.41, 5.74) is 0.205. The van der Waals surface area contributed by atoms with Gasteiger partial charge in [-0.3, -0.25) is 10.1 Å². The number of ether oxygens (including phenoxy) is 2. The van der Waals surface area contributed by atoms with E-state index in [4.69, 9.17) is 9.47 Å². The summed E-state index contributed by atoms with van der Waals surface area (Å²) in [5, 5.41) is 14.5. The zero-order chi connectivity index (χ0) is 19.8. The van der Waals surface area contributed by atoms with Gasteiger partial charge in [0.2, 0.25) is 6.10 Å². The SMILES string of the molecule is CCNC(=O)NC(=O)[C@@H](OC(=O)c1cc(OC)ccc1O)c1ccccc1. The van der Waals surface area contributed by atoms with Crippen LogP contribution in [-0.2, 0) is 9.53 Å². The lowest BCUT2D eigenvalue weighted by Crippen LogP contribution is -2.42. The Bertz CT molecular complexity index is 822. The second-order valence-electron chi connectivity index (χ2n) is 5.43. The number of benzene rings is 2. The molecular weight excluding hydrogens is 352 g/mol. The fourth-order valence-electron chi connectivity index (χ4n) is 2.26. The molecule has 0 saturated heterocycles. The maximum atomic E-state index is 12.5. The van der Waals surface area contributed by atoms with Gasteiger partial charge < -0.3 is 19.9 Å². The average molecular weight is 372 g/mol. The number of phenols is 1. The maximum absolute atomic E-state index is 12.5. The number of esters is 1. The van der Waals surface area contributed by atoms with Gasteiger partial charge in [-0.2, -0.15) is 0 Å². The van der Waals surface area contributed by atoms with E-state index in [-0.39, 0.29) is 11.3 Å². The standard InChI is InChI=1S/C19H20N2O6/c1-3-20-19(25)21-17(23)16(12-7-5-4-6-8-12)27-18(24)14-11-13(26-2)9-10-15(14)22/h4-11,16,22H,3H2,1-2H3,(H2,20,21,23,25)/t16-/m0/s1. The molecule has 2 rings (SSSR count). The van der Waals surface area contributed by atoms with Gasteiger partial charge in [-0.05, 0) is 25.1 Å². The Morgan fingerprint density at radius 3 is 2.44 bits per heavy atom. The normalized spacial score (nSPS) is 11.2. The van der Waals surface area contributed by atoms with Gasteiger partial charge in [0.05, 0.1) is 7.11 Å². The number of rotatable bonds is 6. The van der Waals surface area contributed by atoms with Crippen molar-refractivity contribution in [2.45, 2.75) is 13.0 Å². The molecule has 8 heteroatoms. The summed E-state index contributed by atoms with van der Waals surface area (Å²) < 4.78 is 10.3. The van der Waals surface area contributed by atoms with E-state index in [1.165, 1.54) is 25.3 Å². The van der Waals surface area contributed by atoms with Gasteiger partial charge in [-0.15, -0.1) is 0 Å².